The third-order valence-corrected chi connectivity index (χ3v) is 3.38. The van der Waals surface area contributed by atoms with Crippen LogP contribution in [0.25, 0.3) is 0 Å². The number of nitrogens with one attached hydrogen (secondary N) is 2. The van der Waals surface area contributed by atoms with Crippen molar-refractivity contribution in [3.63, 3.8) is 0 Å². The zero-order valence-electron chi connectivity index (χ0n) is 8.62. The summed E-state index contributed by atoms with van der Waals surface area (Å²) < 4.78 is 0. The van der Waals surface area contributed by atoms with Gasteiger partial charge in [0, 0.05) is 17.3 Å². The number of thioether (sulfide) groups is 1. The van der Waals surface area contributed by atoms with Crippen LogP contribution in [-0.4, -0.2) is 23.6 Å². The second-order valence-corrected chi connectivity index (χ2v) is 4.61. The summed E-state index contributed by atoms with van der Waals surface area (Å²) in [5.41, 5.74) is 2.00. The Kier molecular flexibility index (Phi) is 3.28. The highest BCUT2D eigenvalue weighted by Crippen LogP contribution is 2.15. The number of carbonyl (C=O) groups excluding carboxylic acids is 1. The average Bonchev–Trinajstić information content (AvgIpc) is 2.74. The maximum Gasteiger partial charge on any atom is 0.242 e. The normalized spacial score (nSPS) is 20.2. The molecule has 80 valence electrons. The first kappa shape index (κ1) is 10.5. The Balaban J connectivity index is 2.02. The second-order valence-electron chi connectivity index (χ2n) is 3.58. The number of carbonyl (C=O) groups is 1. The molecule has 0 aromatic heterocycles. The molecule has 15 heavy (non-hydrogen) atoms. The van der Waals surface area contributed by atoms with Crippen molar-refractivity contribution in [2.45, 2.75) is 13.0 Å². The van der Waals surface area contributed by atoms with Gasteiger partial charge in [0.15, 0.2) is 0 Å². The van der Waals surface area contributed by atoms with Crippen LogP contribution < -0.4 is 10.6 Å². The van der Waals surface area contributed by atoms with Crippen molar-refractivity contribution in [1.82, 2.24) is 5.32 Å². The van der Waals surface area contributed by atoms with Crippen molar-refractivity contribution < 1.29 is 4.79 Å². The minimum absolute atomic E-state index is 0.0467. The number of rotatable bonds is 2. The van der Waals surface area contributed by atoms with Crippen LogP contribution in [0.2, 0.25) is 0 Å². The predicted octanol–water partition coefficient (Wildman–Crippen LogP) is 1.60. The minimum atomic E-state index is -0.0467. The Hall–Kier alpha value is -1.000. The van der Waals surface area contributed by atoms with Crippen molar-refractivity contribution in [2.24, 2.45) is 0 Å². The lowest BCUT2D eigenvalue weighted by Gasteiger charge is -2.11. The van der Waals surface area contributed by atoms with Gasteiger partial charge in [0.05, 0.1) is 6.04 Å². The first-order chi connectivity index (χ1) is 7.27. The first-order valence-electron chi connectivity index (χ1n) is 4.95. The van der Waals surface area contributed by atoms with E-state index in [0.717, 1.165) is 22.9 Å². The molecule has 1 aliphatic rings. The molecule has 2 rings (SSSR count). The van der Waals surface area contributed by atoms with E-state index in [1.54, 1.807) is 11.8 Å². The minimum Gasteiger partial charge on any atom is -0.324 e. The number of hydrogen-bond donors (Lipinski definition) is 2. The molecule has 1 amide bonds. The highest BCUT2D eigenvalue weighted by molar-refractivity contribution is 7.99. The van der Waals surface area contributed by atoms with Crippen LogP contribution in [-0.2, 0) is 4.79 Å². The summed E-state index contributed by atoms with van der Waals surface area (Å²) in [5, 5.41) is 6.08. The molecule has 2 N–H and O–H groups in total. The van der Waals surface area contributed by atoms with Crippen LogP contribution in [0.1, 0.15) is 5.56 Å². The van der Waals surface area contributed by atoms with Gasteiger partial charge in [-0.25, -0.2) is 0 Å². The summed E-state index contributed by atoms with van der Waals surface area (Å²) in [6, 6.07) is 7.77. The summed E-state index contributed by atoms with van der Waals surface area (Å²) in [5.74, 6) is 1.79. The van der Waals surface area contributed by atoms with Gasteiger partial charge in [-0.1, -0.05) is 18.2 Å². The second kappa shape index (κ2) is 4.68. The Bertz CT molecular complexity index is 361. The molecule has 1 aliphatic heterocycles. The summed E-state index contributed by atoms with van der Waals surface area (Å²) in [6.07, 6.45) is 0. The van der Waals surface area contributed by atoms with Gasteiger partial charge in [-0.05, 0) is 18.6 Å². The largest absolute Gasteiger partial charge is 0.324 e. The molecule has 0 radical (unpaired) electrons. The van der Waals surface area contributed by atoms with Gasteiger partial charge in [0.1, 0.15) is 0 Å². The molecule has 0 saturated carbocycles. The van der Waals surface area contributed by atoms with Crippen LogP contribution in [0.4, 0.5) is 5.69 Å². The molecule has 1 atom stereocenters. The van der Waals surface area contributed by atoms with Gasteiger partial charge in [0.25, 0.3) is 0 Å². The topological polar surface area (TPSA) is 41.1 Å². The van der Waals surface area contributed by atoms with Gasteiger partial charge in [-0.2, -0.15) is 0 Å². The van der Waals surface area contributed by atoms with Gasteiger partial charge in [-0.15, -0.1) is 11.8 Å². The number of hydrogen-bond acceptors (Lipinski definition) is 3. The Morgan fingerprint density at radius 1 is 1.53 bits per heavy atom. The van der Waals surface area contributed by atoms with Gasteiger partial charge in [-0.3, -0.25) is 10.1 Å². The third kappa shape index (κ3) is 2.52. The van der Waals surface area contributed by atoms with Crippen LogP contribution in [0.3, 0.4) is 0 Å². The van der Waals surface area contributed by atoms with Crippen LogP contribution in [0.15, 0.2) is 24.3 Å². The van der Waals surface area contributed by atoms with Crippen LogP contribution in [0, 0.1) is 6.92 Å². The van der Waals surface area contributed by atoms with E-state index in [1.165, 1.54) is 0 Å². The molecule has 1 heterocycles. The fraction of sp³-hybridized carbons (Fsp3) is 0.364. The molecule has 3 nitrogen and oxygen atoms in total. The van der Waals surface area contributed by atoms with E-state index in [-0.39, 0.29) is 11.9 Å². The third-order valence-electron chi connectivity index (χ3n) is 2.44. The first-order valence-corrected chi connectivity index (χ1v) is 6.10. The highest BCUT2D eigenvalue weighted by Gasteiger charge is 2.22. The van der Waals surface area contributed by atoms with Gasteiger partial charge < -0.3 is 5.32 Å². The maximum atomic E-state index is 11.8. The standard InChI is InChI=1S/C11H14N2OS/c1-8-4-2-3-5-9(8)13-11(14)10-6-15-7-12-10/h2-5,10,12H,6-7H2,1H3,(H,13,14)/t10-/m1/s1. The molecule has 1 fully saturated rings. The Labute approximate surface area is 93.6 Å². The van der Waals surface area contributed by atoms with Gasteiger partial charge >= 0.3 is 0 Å². The van der Waals surface area contributed by atoms with Crippen molar-refractivity contribution >= 4 is 23.4 Å². The quantitative estimate of drug-likeness (QED) is 0.798. The smallest absolute Gasteiger partial charge is 0.242 e. The molecule has 0 spiro atoms. The molecule has 0 aliphatic carbocycles. The fourth-order valence-electron chi connectivity index (χ4n) is 1.50. The van der Waals surface area contributed by atoms with Crippen LogP contribution >= 0.6 is 11.8 Å². The molecule has 4 heteroatoms. The zero-order valence-corrected chi connectivity index (χ0v) is 9.43. The Morgan fingerprint density at radius 3 is 3.00 bits per heavy atom. The van der Waals surface area contributed by atoms with Crippen molar-refractivity contribution in [1.29, 1.82) is 0 Å². The van der Waals surface area contributed by atoms with Crippen LogP contribution in [0.5, 0.6) is 0 Å². The lowest BCUT2D eigenvalue weighted by atomic mass is 10.2. The van der Waals surface area contributed by atoms with Crippen molar-refractivity contribution in [2.75, 3.05) is 16.9 Å². The van der Waals surface area contributed by atoms with E-state index in [4.69, 9.17) is 0 Å². The fourth-order valence-corrected chi connectivity index (χ4v) is 2.44. The number of anilines is 1. The SMILES string of the molecule is Cc1ccccc1NC(=O)[C@H]1CSCN1. The summed E-state index contributed by atoms with van der Waals surface area (Å²) in [7, 11) is 0. The zero-order chi connectivity index (χ0) is 10.7. The lowest BCUT2D eigenvalue weighted by molar-refractivity contribution is -0.117. The van der Waals surface area contributed by atoms with Crippen molar-refractivity contribution in [3.8, 4) is 0 Å². The van der Waals surface area contributed by atoms with E-state index < -0.39 is 0 Å². The number of aryl methyl sites for hydroxylation is 1. The molecule has 1 aromatic rings. The van der Waals surface area contributed by atoms with Gasteiger partial charge in [0.2, 0.25) is 5.91 Å². The molecule has 0 unspecified atom stereocenters. The average molecular weight is 222 g/mol. The van der Waals surface area contributed by atoms with E-state index >= 15 is 0 Å². The number of amides is 1. The molecular weight excluding hydrogens is 208 g/mol. The molecule has 0 bridgehead atoms. The molecule has 1 saturated heterocycles. The highest BCUT2D eigenvalue weighted by atomic mass is 32.2. The van der Waals surface area contributed by atoms with Crippen molar-refractivity contribution in [3.05, 3.63) is 29.8 Å². The van der Waals surface area contributed by atoms with E-state index in [0.29, 0.717) is 0 Å². The van der Waals surface area contributed by atoms with E-state index in [9.17, 15) is 4.79 Å². The summed E-state index contributed by atoms with van der Waals surface area (Å²) in [6.45, 7) is 1.99. The summed E-state index contributed by atoms with van der Waals surface area (Å²) in [4.78, 5) is 11.8. The van der Waals surface area contributed by atoms with E-state index in [2.05, 4.69) is 10.6 Å². The molecular formula is C11H14N2OS. The predicted molar refractivity (Wildman–Crippen MR) is 64.1 cm³/mol. The monoisotopic (exact) mass is 222 g/mol. The Morgan fingerprint density at radius 2 is 2.33 bits per heavy atom. The molecule has 1 aromatic carbocycles. The van der Waals surface area contributed by atoms with E-state index in [1.807, 2.05) is 31.2 Å². The number of para-hydroxylation sites is 1. The lowest BCUT2D eigenvalue weighted by Crippen LogP contribution is -2.37. The maximum absolute atomic E-state index is 11.8. The summed E-state index contributed by atoms with van der Waals surface area (Å²) >= 11 is 1.75. The number of benzene rings is 1.